The van der Waals surface area contributed by atoms with Gasteiger partial charge >= 0.3 is 0 Å². The molecule has 62 valence electrons. The summed E-state index contributed by atoms with van der Waals surface area (Å²) < 4.78 is 0. The topological polar surface area (TPSA) is 0 Å². The molecule has 0 unspecified atom stereocenters. The van der Waals surface area contributed by atoms with Gasteiger partial charge in [-0.1, -0.05) is 26.0 Å². The third-order valence-corrected chi connectivity index (χ3v) is 3.03. The molecule has 0 saturated heterocycles. The maximum absolute atomic E-state index is 2.37. The molecule has 0 aromatic carbocycles. The minimum absolute atomic E-state index is 0.319. The Hall–Kier alpha value is -0.170. The Balaban J connectivity index is 2.89. The molecular weight excluding hydrogens is 152 g/mol. The van der Waals surface area contributed by atoms with Gasteiger partial charge in [0.15, 0.2) is 0 Å². The molecule has 0 atom stereocenters. The van der Waals surface area contributed by atoms with Gasteiger partial charge in [-0.15, -0.1) is 11.8 Å². The summed E-state index contributed by atoms with van der Waals surface area (Å²) in [5, 5.41) is 0. The number of allylic oxidation sites excluding steroid dienone is 4. The Morgan fingerprint density at radius 1 is 1.27 bits per heavy atom. The second kappa shape index (κ2) is 3.06. The molecule has 0 N–H and O–H groups in total. The highest BCUT2D eigenvalue weighted by atomic mass is 32.2. The molecule has 1 rings (SSSR count). The fraction of sp³-hybridized carbons (Fsp3) is 0.600. The zero-order valence-corrected chi connectivity index (χ0v) is 8.59. The van der Waals surface area contributed by atoms with Crippen LogP contribution in [0.2, 0.25) is 0 Å². The third-order valence-electron chi connectivity index (χ3n) is 2.15. The van der Waals surface area contributed by atoms with Gasteiger partial charge in [0.1, 0.15) is 0 Å². The minimum Gasteiger partial charge on any atom is -0.100 e. The number of hydrogen-bond acceptors (Lipinski definition) is 1. The van der Waals surface area contributed by atoms with Gasteiger partial charge < -0.3 is 0 Å². The fourth-order valence-electron chi connectivity index (χ4n) is 1.49. The molecule has 0 nitrogen and oxygen atoms in total. The Morgan fingerprint density at radius 2 is 1.73 bits per heavy atom. The lowest BCUT2D eigenvalue weighted by Gasteiger charge is -2.26. The van der Waals surface area contributed by atoms with Gasteiger partial charge in [-0.3, -0.25) is 0 Å². The van der Waals surface area contributed by atoms with E-state index in [1.165, 1.54) is 16.2 Å². The molecule has 0 bridgehead atoms. The first kappa shape index (κ1) is 8.92. The Bertz CT molecular complexity index is 193. The highest BCUT2D eigenvalue weighted by Gasteiger charge is 2.20. The zero-order valence-electron chi connectivity index (χ0n) is 7.77. The maximum Gasteiger partial charge on any atom is 0.00518 e. The largest absolute Gasteiger partial charge is 0.100 e. The number of rotatable bonds is 1. The molecule has 1 aliphatic heterocycles. The van der Waals surface area contributed by atoms with E-state index in [4.69, 9.17) is 0 Å². The number of thioether (sulfide) groups is 1. The van der Waals surface area contributed by atoms with Crippen molar-refractivity contribution in [1.29, 1.82) is 0 Å². The standard InChI is InChI=1S/C10H16S/c1-5-10(4)6-8(2)11-9(3)7-10/h6-7H,5H2,1-4H3. The summed E-state index contributed by atoms with van der Waals surface area (Å²) in [4.78, 5) is 2.88. The molecule has 1 aliphatic rings. The predicted molar refractivity (Wildman–Crippen MR) is 53.5 cm³/mol. The smallest absolute Gasteiger partial charge is 0.00518 e. The van der Waals surface area contributed by atoms with Crippen molar-refractivity contribution in [2.45, 2.75) is 34.1 Å². The molecule has 1 heteroatoms. The van der Waals surface area contributed by atoms with E-state index in [9.17, 15) is 0 Å². The zero-order chi connectivity index (χ0) is 8.48. The lowest BCUT2D eigenvalue weighted by Crippen LogP contribution is -2.11. The molecule has 0 amide bonds. The Labute approximate surface area is 73.8 Å². The van der Waals surface area contributed by atoms with Gasteiger partial charge in [0.2, 0.25) is 0 Å². The first-order valence-electron chi connectivity index (χ1n) is 4.12. The second-order valence-electron chi connectivity index (χ2n) is 3.47. The van der Waals surface area contributed by atoms with E-state index >= 15 is 0 Å². The summed E-state index contributed by atoms with van der Waals surface area (Å²) >= 11 is 1.88. The van der Waals surface area contributed by atoms with Crippen LogP contribution >= 0.6 is 11.8 Å². The van der Waals surface area contributed by atoms with Crippen LogP contribution in [0.25, 0.3) is 0 Å². The van der Waals surface area contributed by atoms with Gasteiger partial charge in [0.25, 0.3) is 0 Å². The van der Waals surface area contributed by atoms with E-state index in [1.54, 1.807) is 0 Å². The van der Waals surface area contributed by atoms with Crippen molar-refractivity contribution in [3.63, 3.8) is 0 Å². The SMILES string of the molecule is CCC1(C)C=C(C)SC(C)=C1. The lowest BCUT2D eigenvalue weighted by molar-refractivity contribution is 0.526. The van der Waals surface area contributed by atoms with Crippen molar-refractivity contribution >= 4 is 11.8 Å². The molecular formula is C10H16S. The van der Waals surface area contributed by atoms with Gasteiger partial charge in [-0.25, -0.2) is 0 Å². The van der Waals surface area contributed by atoms with E-state index < -0.39 is 0 Å². The van der Waals surface area contributed by atoms with Crippen molar-refractivity contribution in [2.24, 2.45) is 5.41 Å². The van der Waals surface area contributed by atoms with E-state index in [2.05, 4.69) is 39.8 Å². The summed E-state index contributed by atoms with van der Waals surface area (Å²) in [6.07, 6.45) is 5.93. The fourth-order valence-corrected chi connectivity index (χ4v) is 2.65. The summed E-state index contributed by atoms with van der Waals surface area (Å²) in [6.45, 7) is 8.91. The van der Waals surface area contributed by atoms with E-state index in [1.807, 2.05) is 11.8 Å². The molecule has 11 heavy (non-hydrogen) atoms. The first-order valence-corrected chi connectivity index (χ1v) is 4.94. The predicted octanol–water partition coefficient (Wildman–Crippen LogP) is 3.96. The average molecular weight is 168 g/mol. The van der Waals surface area contributed by atoms with Gasteiger partial charge in [-0.2, -0.15) is 0 Å². The lowest BCUT2D eigenvalue weighted by atomic mass is 9.86. The quantitative estimate of drug-likeness (QED) is 0.571. The maximum atomic E-state index is 2.37. The second-order valence-corrected chi connectivity index (χ2v) is 4.96. The highest BCUT2D eigenvalue weighted by Crippen LogP contribution is 2.39. The van der Waals surface area contributed by atoms with Gasteiger partial charge in [0.05, 0.1) is 0 Å². The third kappa shape index (κ3) is 2.13. The van der Waals surface area contributed by atoms with Crippen molar-refractivity contribution in [3.05, 3.63) is 22.0 Å². The van der Waals surface area contributed by atoms with Crippen LogP contribution in [-0.2, 0) is 0 Å². The van der Waals surface area contributed by atoms with Crippen LogP contribution in [0.1, 0.15) is 34.1 Å². The Morgan fingerprint density at radius 3 is 2.09 bits per heavy atom. The van der Waals surface area contributed by atoms with Crippen LogP contribution in [0, 0.1) is 5.41 Å². The summed E-state index contributed by atoms with van der Waals surface area (Å²) in [5.74, 6) is 0. The van der Waals surface area contributed by atoms with E-state index in [0.717, 1.165) is 0 Å². The van der Waals surface area contributed by atoms with E-state index in [0.29, 0.717) is 5.41 Å². The summed E-state index contributed by atoms with van der Waals surface area (Å²) in [5.41, 5.74) is 0.319. The van der Waals surface area contributed by atoms with Crippen molar-refractivity contribution in [2.75, 3.05) is 0 Å². The minimum atomic E-state index is 0.319. The molecule has 0 spiro atoms. The van der Waals surface area contributed by atoms with Gasteiger partial charge in [0, 0.05) is 5.41 Å². The van der Waals surface area contributed by atoms with E-state index in [-0.39, 0.29) is 0 Å². The molecule has 1 heterocycles. The molecule has 0 aromatic rings. The van der Waals surface area contributed by atoms with Crippen molar-refractivity contribution < 1.29 is 0 Å². The summed E-state index contributed by atoms with van der Waals surface area (Å²) in [7, 11) is 0. The first-order chi connectivity index (χ1) is 5.06. The number of hydrogen-bond donors (Lipinski definition) is 0. The monoisotopic (exact) mass is 168 g/mol. The van der Waals surface area contributed by atoms with Crippen LogP contribution < -0.4 is 0 Å². The average Bonchev–Trinajstić information content (AvgIpc) is 1.84. The molecule has 0 radical (unpaired) electrons. The molecule has 0 aliphatic carbocycles. The van der Waals surface area contributed by atoms with Crippen molar-refractivity contribution in [3.8, 4) is 0 Å². The van der Waals surface area contributed by atoms with Crippen LogP contribution in [0.3, 0.4) is 0 Å². The van der Waals surface area contributed by atoms with Crippen LogP contribution in [0.4, 0.5) is 0 Å². The van der Waals surface area contributed by atoms with Crippen molar-refractivity contribution in [1.82, 2.24) is 0 Å². The van der Waals surface area contributed by atoms with Crippen LogP contribution in [0.15, 0.2) is 22.0 Å². The molecule has 0 aromatic heterocycles. The summed E-state index contributed by atoms with van der Waals surface area (Å²) in [6, 6.07) is 0. The van der Waals surface area contributed by atoms with Crippen LogP contribution in [0.5, 0.6) is 0 Å². The van der Waals surface area contributed by atoms with Crippen LogP contribution in [-0.4, -0.2) is 0 Å². The van der Waals surface area contributed by atoms with Gasteiger partial charge in [-0.05, 0) is 30.1 Å². The molecule has 0 saturated carbocycles. The Kier molecular flexibility index (Phi) is 2.48. The normalized spacial score (nSPS) is 22.5. The highest BCUT2D eigenvalue weighted by molar-refractivity contribution is 8.06. The molecule has 0 fully saturated rings.